The summed E-state index contributed by atoms with van der Waals surface area (Å²) >= 11 is 5.97. The number of H-pyrrole nitrogens is 1. The summed E-state index contributed by atoms with van der Waals surface area (Å²) in [6, 6.07) is 10.2. The van der Waals surface area contributed by atoms with Gasteiger partial charge in [-0.2, -0.15) is 0 Å². The van der Waals surface area contributed by atoms with Gasteiger partial charge in [-0.3, -0.25) is 9.78 Å². The number of ether oxygens (including phenoxy) is 1. The molecule has 0 aliphatic carbocycles. The molecule has 120 valence electrons. The first-order chi connectivity index (χ1) is 11.6. The van der Waals surface area contributed by atoms with Crippen LogP contribution in [-0.2, 0) is 4.79 Å². The lowest BCUT2D eigenvalue weighted by Crippen LogP contribution is -2.21. The van der Waals surface area contributed by atoms with E-state index in [-0.39, 0.29) is 12.5 Å². The van der Waals surface area contributed by atoms with E-state index in [1.165, 1.54) is 0 Å². The highest BCUT2D eigenvalue weighted by Crippen LogP contribution is 2.29. The Kier molecular flexibility index (Phi) is 3.39. The molecule has 0 saturated heterocycles. The average molecular weight is 343 g/mol. The fourth-order valence-electron chi connectivity index (χ4n) is 2.52. The van der Waals surface area contributed by atoms with Gasteiger partial charge in [-0.1, -0.05) is 11.6 Å². The van der Waals surface area contributed by atoms with Gasteiger partial charge in [-0.25, -0.2) is 4.79 Å². The Balaban J connectivity index is 1.60. The quantitative estimate of drug-likeness (QED) is 0.749. The molecule has 7 heteroatoms. The summed E-state index contributed by atoms with van der Waals surface area (Å²) in [6.45, 7) is 0.172. The second-order valence-electron chi connectivity index (χ2n) is 5.32. The van der Waals surface area contributed by atoms with Gasteiger partial charge >= 0.3 is 5.76 Å². The Morgan fingerprint density at radius 1 is 1.21 bits per heavy atom. The molecule has 1 aliphatic rings. The standard InChI is InChI=1S/C17H11ClN2O4/c18-11-1-3-14-9(6-11)5-10(8-23-14)16(21)19-12-2-4-15-13(7-12)20-17(22)24-15/h1-7H,8H2,(H,19,21)(H,20,22). The highest BCUT2D eigenvalue weighted by atomic mass is 35.5. The van der Waals surface area contributed by atoms with Crippen molar-refractivity contribution in [3.05, 3.63) is 63.1 Å². The Bertz CT molecular complexity index is 1050. The van der Waals surface area contributed by atoms with Crippen molar-refractivity contribution in [2.75, 3.05) is 11.9 Å². The highest BCUT2D eigenvalue weighted by Gasteiger charge is 2.18. The number of anilines is 1. The number of aromatic nitrogens is 1. The third-order valence-electron chi connectivity index (χ3n) is 3.65. The molecule has 0 atom stereocenters. The predicted octanol–water partition coefficient (Wildman–Crippen LogP) is 3.19. The number of hydrogen-bond acceptors (Lipinski definition) is 4. The Morgan fingerprint density at radius 2 is 2.08 bits per heavy atom. The van der Waals surface area contributed by atoms with Crippen molar-refractivity contribution in [2.24, 2.45) is 0 Å². The van der Waals surface area contributed by atoms with E-state index in [9.17, 15) is 9.59 Å². The van der Waals surface area contributed by atoms with E-state index in [1.54, 1.807) is 42.5 Å². The molecule has 0 unspecified atom stereocenters. The minimum Gasteiger partial charge on any atom is -0.488 e. The van der Waals surface area contributed by atoms with Gasteiger partial charge in [0.15, 0.2) is 5.58 Å². The predicted molar refractivity (Wildman–Crippen MR) is 90.4 cm³/mol. The zero-order valence-corrected chi connectivity index (χ0v) is 13.0. The van der Waals surface area contributed by atoms with Crippen LogP contribution in [0.2, 0.25) is 5.02 Å². The zero-order valence-electron chi connectivity index (χ0n) is 12.3. The summed E-state index contributed by atoms with van der Waals surface area (Å²) in [5, 5.41) is 3.35. The second-order valence-corrected chi connectivity index (χ2v) is 5.76. The van der Waals surface area contributed by atoms with E-state index in [4.69, 9.17) is 20.8 Å². The molecule has 2 aromatic carbocycles. The topological polar surface area (TPSA) is 84.3 Å². The molecule has 0 bridgehead atoms. The number of nitrogens with one attached hydrogen (secondary N) is 2. The van der Waals surface area contributed by atoms with Crippen LogP contribution in [0.25, 0.3) is 17.2 Å². The summed E-state index contributed by atoms with van der Waals surface area (Å²) in [5.74, 6) is -0.135. The molecule has 1 amide bonds. The Hall–Kier alpha value is -2.99. The monoisotopic (exact) mass is 342 g/mol. The summed E-state index contributed by atoms with van der Waals surface area (Å²) in [6.07, 6.45) is 1.75. The van der Waals surface area contributed by atoms with E-state index in [2.05, 4.69) is 10.3 Å². The van der Waals surface area contributed by atoms with Gasteiger partial charge in [0.1, 0.15) is 12.4 Å². The number of halogens is 1. The number of benzene rings is 2. The number of carbonyl (C=O) groups is 1. The summed E-state index contributed by atoms with van der Waals surface area (Å²) < 4.78 is 10.5. The average Bonchev–Trinajstić information content (AvgIpc) is 2.93. The van der Waals surface area contributed by atoms with Gasteiger partial charge in [0.25, 0.3) is 5.91 Å². The van der Waals surface area contributed by atoms with Crippen LogP contribution in [0, 0.1) is 0 Å². The van der Waals surface area contributed by atoms with Crippen LogP contribution in [0.5, 0.6) is 5.75 Å². The van der Waals surface area contributed by atoms with Crippen molar-refractivity contribution in [3.63, 3.8) is 0 Å². The number of carbonyl (C=O) groups excluding carboxylic acids is 1. The van der Waals surface area contributed by atoms with Crippen molar-refractivity contribution >= 4 is 40.4 Å². The molecule has 1 aromatic heterocycles. The van der Waals surface area contributed by atoms with E-state index in [1.807, 2.05) is 0 Å². The fourth-order valence-corrected chi connectivity index (χ4v) is 2.70. The Labute approximate surface area is 140 Å². The van der Waals surface area contributed by atoms with Crippen LogP contribution in [0.1, 0.15) is 5.56 Å². The van der Waals surface area contributed by atoms with Crippen LogP contribution in [-0.4, -0.2) is 17.5 Å². The molecule has 2 heterocycles. The van der Waals surface area contributed by atoms with Crippen molar-refractivity contribution < 1.29 is 13.9 Å². The number of amides is 1. The van der Waals surface area contributed by atoms with E-state index >= 15 is 0 Å². The Morgan fingerprint density at radius 3 is 2.96 bits per heavy atom. The molecule has 0 saturated carbocycles. The van der Waals surface area contributed by atoms with Gasteiger partial charge in [0.2, 0.25) is 0 Å². The largest absolute Gasteiger partial charge is 0.488 e. The number of rotatable bonds is 2. The maximum absolute atomic E-state index is 12.4. The molecule has 2 N–H and O–H groups in total. The number of hydrogen-bond donors (Lipinski definition) is 2. The van der Waals surface area contributed by atoms with Crippen molar-refractivity contribution in [1.29, 1.82) is 0 Å². The number of fused-ring (bicyclic) bond motifs is 2. The molecule has 0 radical (unpaired) electrons. The lowest BCUT2D eigenvalue weighted by atomic mass is 10.1. The van der Waals surface area contributed by atoms with Crippen molar-refractivity contribution in [3.8, 4) is 5.75 Å². The lowest BCUT2D eigenvalue weighted by molar-refractivity contribution is -0.113. The zero-order chi connectivity index (χ0) is 16.7. The minimum absolute atomic E-state index is 0.172. The smallest absolute Gasteiger partial charge is 0.417 e. The molecule has 24 heavy (non-hydrogen) atoms. The minimum atomic E-state index is -0.537. The highest BCUT2D eigenvalue weighted by molar-refractivity contribution is 6.30. The molecular weight excluding hydrogens is 332 g/mol. The van der Waals surface area contributed by atoms with Crippen molar-refractivity contribution in [2.45, 2.75) is 0 Å². The lowest BCUT2D eigenvalue weighted by Gasteiger charge is -2.17. The van der Waals surface area contributed by atoms with Gasteiger partial charge in [0.05, 0.1) is 11.1 Å². The summed E-state index contributed by atoms with van der Waals surface area (Å²) in [7, 11) is 0. The van der Waals surface area contributed by atoms with Crippen LogP contribution in [0.4, 0.5) is 5.69 Å². The summed E-state index contributed by atoms with van der Waals surface area (Å²) in [4.78, 5) is 26.1. The first-order valence-corrected chi connectivity index (χ1v) is 7.53. The first-order valence-electron chi connectivity index (χ1n) is 7.16. The second kappa shape index (κ2) is 5.58. The van der Waals surface area contributed by atoms with Gasteiger partial charge < -0.3 is 14.5 Å². The molecule has 6 nitrogen and oxygen atoms in total. The molecule has 3 aromatic rings. The SMILES string of the molecule is O=C(Nc1ccc2oc(=O)[nH]c2c1)C1=Cc2cc(Cl)ccc2OC1. The molecule has 1 aliphatic heterocycles. The van der Waals surface area contributed by atoms with Crippen molar-refractivity contribution in [1.82, 2.24) is 4.98 Å². The molecule has 4 rings (SSSR count). The van der Waals surface area contributed by atoms with Gasteiger partial charge in [-0.05, 0) is 42.5 Å². The molecular formula is C17H11ClN2O4. The normalized spacial score (nSPS) is 13.1. The van der Waals surface area contributed by atoms with Crippen LogP contribution in [0.3, 0.4) is 0 Å². The summed E-state index contributed by atoms with van der Waals surface area (Å²) in [5.41, 5.74) is 2.73. The van der Waals surface area contributed by atoms with E-state index in [0.717, 1.165) is 5.56 Å². The first kappa shape index (κ1) is 14.6. The third-order valence-corrected chi connectivity index (χ3v) is 3.89. The van der Waals surface area contributed by atoms with Gasteiger partial charge in [-0.15, -0.1) is 0 Å². The number of oxazole rings is 1. The van der Waals surface area contributed by atoms with Crippen LogP contribution in [0.15, 0.2) is 51.2 Å². The molecule has 0 fully saturated rings. The third kappa shape index (κ3) is 2.68. The number of aromatic amines is 1. The van der Waals surface area contributed by atoms with Crippen LogP contribution >= 0.6 is 11.6 Å². The maximum atomic E-state index is 12.4. The fraction of sp³-hybridized carbons (Fsp3) is 0.0588. The maximum Gasteiger partial charge on any atom is 0.417 e. The van der Waals surface area contributed by atoms with E-state index < -0.39 is 5.76 Å². The van der Waals surface area contributed by atoms with Gasteiger partial charge in [0, 0.05) is 16.3 Å². The van der Waals surface area contributed by atoms with Crippen LogP contribution < -0.4 is 15.8 Å². The van der Waals surface area contributed by atoms with E-state index in [0.29, 0.717) is 33.1 Å². The molecule has 0 spiro atoms.